The zero-order valence-electron chi connectivity index (χ0n) is 19.1. The van der Waals surface area contributed by atoms with Gasteiger partial charge in [-0.25, -0.2) is 0 Å². The van der Waals surface area contributed by atoms with E-state index in [0.29, 0.717) is 6.54 Å². The first kappa shape index (κ1) is 24.5. The van der Waals surface area contributed by atoms with Crippen LogP contribution in [0, 0.1) is 0 Å². The quantitative estimate of drug-likeness (QED) is 0.392. The van der Waals surface area contributed by atoms with Gasteiger partial charge in [-0.05, 0) is 48.1 Å². The SMILES string of the molecule is C=CCN(CC(=O)N1CCc2sccc2C1c1ccc(OC)cc1)C(=O)CCC(=O)OCC. The van der Waals surface area contributed by atoms with Crippen molar-refractivity contribution in [2.45, 2.75) is 32.2 Å². The van der Waals surface area contributed by atoms with Crippen molar-refractivity contribution in [2.24, 2.45) is 0 Å². The van der Waals surface area contributed by atoms with Crippen molar-refractivity contribution in [3.63, 3.8) is 0 Å². The Bertz CT molecular complexity index is 985. The lowest BCUT2D eigenvalue weighted by Gasteiger charge is -2.37. The first-order valence-corrected chi connectivity index (χ1v) is 11.9. The van der Waals surface area contributed by atoms with Crippen molar-refractivity contribution in [1.29, 1.82) is 0 Å². The summed E-state index contributed by atoms with van der Waals surface area (Å²) in [6.07, 6.45) is 2.36. The van der Waals surface area contributed by atoms with Crippen LogP contribution < -0.4 is 4.74 Å². The minimum absolute atomic E-state index is 0.00343. The van der Waals surface area contributed by atoms with Crippen LogP contribution >= 0.6 is 11.3 Å². The summed E-state index contributed by atoms with van der Waals surface area (Å²) in [4.78, 5) is 42.4. The summed E-state index contributed by atoms with van der Waals surface area (Å²) in [5, 5.41) is 2.05. The van der Waals surface area contributed by atoms with E-state index in [0.717, 1.165) is 23.3 Å². The number of esters is 1. The number of amides is 2. The maximum absolute atomic E-state index is 13.5. The molecule has 1 aliphatic heterocycles. The second-order valence-corrected chi connectivity index (χ2v) is 8.68. The molecule has 0 radical (unpaired) electrons. The van der Waals surface area contributed by atoms with Gasteiger partial charge in [0.15, 0.2) is 0 Å². The van der Waals surface area contributed by atoms with Gasteiger partial charge in [-0.15, -0.1) is 17.9 Å². The summed E-state index contributed by atoms with van der Waals surface area (Å²) in [6, 6.07) is 9.58. The summed E-state index contributed by atoms with van der Waals surface area (Å²) >= 11 is 1.70. The molecule has 1 unspecified atom stereocenters. The number of nitrogens with zero attached hydrogens (tertiary/aromatic N) is 2. The highest BCUT2D eigenvalue weighted by molar-refractivity contribution is 7.10. The Kier molecular flexibility index (Phi) is 8.65. The maximum atomic E-state index is 13.5. The summed E-state index contributed by atoms with van der Waals surface area (Å²) in [6.45, 7) is 6.44. The van der Waals surface area contributed by atoms with Crippen LogP contribution in [0.5, 0.6) is 5.75 Å². The lowest BCUT2D eigenvalue weighted by molar-refractivity contribution is -0.146. The van der Waals surface area contributed by atoms with E-state index < -0.39 is 5.97 Å². The van der Waals surface area contributed by atoms with Gasteiger partial charge in [-0.3, -0.25) is 14.4 Å². The van der Waals surface area contributed by atoms with Gasteiger partial charge in [0.2, 0.25) is 11.8 Å². The molecule has 0 bridgehead atoms. The Hall–Kier alpha value is -3.13. The van der Waals surface area contributed by atoms with Crippen molar-refractivity contribution in [3.8, 4) is 5.75 Å². The predicted molar refractivity (Wildman–Crippen MR) is 127 cm³/mol. The first-order valence-electron chi connectivity index (χ1n) is 11.0. The molecule has 0 saturated carbocycles. The second-order valence-electron chi connectivity index (χ2n) is 7.68. The van der Waals surface area contributed by atoms with E-state index in [1.165, 1.54) is 9.78 Å². The van der Waals surface area contributed by atoms with Gasteiger partial charge in [0.05, 0.1) is 26.2 Å². The average molecular weight is 471 g/mol. The molecular weight excluding hydrogens is 440 g/mol. The lowest BCUT2D eigenvalue weighted by Crippen LogP contribution is -2.46. The zero-order chi connectivity index (χ0) is 23.8. The van der Waals surface area contributed by atoms with Crippen molar-refractivity contribution >= 4 is 29.1 Å². The summed E-state index contributed by atoms with van der Waals surface area (Å²) < 4.78 is 10.2. The molecule has 3 rings (SSSR count). The van der Waals surface area contributed by atoms with Crippen LogP contribution in [0.25, 0.3) is 0 Å². The Labute approximate surface area is 198 Å². The number of carbonyl (C=O) groups is 3. The fraction of sp³-hybridized carbons (Fsp3) is 0.400. The molecule has 1 atom stereocenters. The molecule has 1 aliphatic rings. The van der Waals surface area contributed by atoms with Gasteiger partial charge in [0, 0.05) is 24.4 Å². The highest BCUT2D eigenvalue weighted by Gasteiger charge is 2.33. The van der Waals surface area contributed by atoms with Crippen LogP contribution in [-0.2, 0) is 25.5 Å². The molecule has 0 aliphatic carbocycles. The topological polar surface area (TPSA) is 76.2 Å². The van der Waals surface area contributed by atoms with Crippen molar-refractivity contribution in [3.05, 3.63) is 64.4 Å². The standard InChI is InChI=1S/C25H30N2O5S/c1-4-14-26(22(28)10-11-24(30)32-5-2)17-23(29)27-15-12-21-20(13-16-33-21)25(27)18-6-8-19(31-3)9-7-18/h4,6-9,13,16,25H,1,5,10-12,14-15,17H2,2-3H3. The predicted octanol–water partition coefficient (Wildman–Crippen LogP) is 3.59. The Balaban J connectivity index is 1.78. The Morgan fingerprint density at radius 2 is 1.97 bits per heavy atom. The van der Waals surface area contributed by atoms with Crippen LogP contribution in [0.15, 0.2) is 48.4 Å². The number of methoxy groups -OCH3 is 1. The minimum Gasteiger partial charge on any atom is -0.497 e. The number of hydrogen-bond acceptors (Lipinski definition) is 6. The Morgan fingerprint density at radius 1 is 1.21 bits per heavy atom. The maximum Gasteiger partial charge on any atom is 0.306 e. The van der Waals surface area contributed by atoms with E-state index in [9.17, 15) is 14.4 Å². The molecule has 7 nitrogen and oxygen atoms in total. The monoisotopic (exact) mass is 470 g/mol. The van der Waals surface area contributed by atoms with Crippen molar-refractivity contribution in [1.82, 2.24) is 9.80 Å². The highest BCUT2D eigenvalue weighted by atomic mass is 32.1. The van der Waals surface area contributed by atoms with Gasteiger partial charge in [0.1, 0.15) is 12.3 Å². The largest absolute Gasteiger partial charge is 0.497 e. The van der Waals surface area contributed by atoms with Crippen LogP contribution in [0.3, 0.4) is 0 Å². The molecular formula is C25H30N2O5S. The van der Waals surface area contributed by atoms with Crippen LogP contribution in [0.4, 0.5) is 0 Å². The van der Waals surface area contributed by atoms with Crippen LogP contribution in [0.1, 0.15) is 41.8 Å². The van der Waals surface area contributed by atoms with Crippen molar-refractivity contribution in [2.75, 3.05) is 33.4 Å². The highest BCUT2D eigenvalue weighted by Crippen LogP contribution is 2.38. The van der Waals surface area contributed by atoms with Gasteiger partial charge in [-0.2, -0.15) is 0 Å². The molecule has 0 N–H and O–H groups in total. The molecule has 176 valence electrons. The second kappa shape index (κ2) is 11.7. The molecule has 1 aromatic carbocycles. The van der Waals surface area contributed by atoms with E-state index in [1.54, 1.807) is 31.4 Å². The van der Waals surface area contributed by atoms with Gasteiger partial charge in [0.25, 0.3) is 0 Å². The molecule has 0 spiro atoms. The molecule has 8 heteroatoms. The Morgan fingerprint density at radius 3 is 2.64 bits per heavy atom. The van der Waals surface area contributed by atoms with Gasteiger partial charge < -0.3 is 19.3 Å². The van der Waals surface area contributed by atoms with E-state index in [1.807, 2.05) is 29.2 Å². The number of thiophene rings is 1. The van der Waals surface area contributed by atoms with Gasteiger partial charge >= 0.3 is 5.97 Å². The smallest absolute Gasteiger partial charge is 0.306 e. The number of ether oxygens (including phenoxy) is 2. The number of fused-ring (bicyclic) bond motifs is 1. The average Bonchev–Trinajstić information content (AvgIpc) is 3.31. The van der Waals surface area contributed by atoms with Gasteiger partial charge in [-0.1, -0.05) is 18.2 Å². The third-order valence-electron chi connectivity index (χ3n) is 5.59. The molecule has 0 fully saturated rings. The first-order chi connectivity index (χ1) is 16.0. The molecule has 2 amide bonds. The number of carbonyl (C=O) groups excluding carboxylic acids is 3. The molecule has 2 aromatic rings. The summed E-state index contributed by atoms with van der Waals surface area (Å²) in [7, 11) is 1.62. The molecule has 33 heavy (non-hydrogen) atoms. The van der Waals surface area contributed by atoms with Crippen molar-refractivity contribution < 1.29 is 23.9 Å². The third-order valence-corrected chi connectivity index (χ3v) is 6.59. The normalized spacial score (nSPS) is 14.8. The number of rotatable bonds is 10. The van der Waals surface area contributed by atoms with E-state index in [-0.39, 0.29) is 50.4 Å². The van der Waals surface area contributed by atoms with Crippen LogP contribution in [-0.4, -0.2) is 60.9 Å². The summed E-state index contributed by atoms with van der Waals surface area (Å²) in [5.41, 5.74) is 2.11. The molecule has 2 heterocycles. The number of hydrogen-bond donors (Lipinski definition) is 0. The fourth-order valence-corrected chi connectivity index (χ4v) is 4.90. The number of benzene rings is 1. The van der Waals surface area contributed by atoms with E-state index >= 15 is 0 Å². The van der Waals surface area contributed by atoms with E-state index in [4.69, 9.17) is 9.47 Å². The fourth-order valence-electron chi connectivity index (χ4n) is 4.00. The molecule has 0 saturated heterocycles. The third kappa shape index (κ3) is 6.01. The van der Waals surface area contributed by atoms with E-state index in [2.05, 4.69) is 18.0 Å². The zero-order valence-corrected chi connectivity index (χ0v) is 19.9. The lowest BCUT2D eigenvalue weighted by atomic mass is 9.93. The van der Waals surface area contributed by atoms with Crippen LogP contribution in [0.2, 0.25) is 0 Å². The molecule has 1 aromatic heterocycles. The summed E-state index contributed by atoms with van der Waals surface area (Å²) in [5.74, 6) is -0.0804. The minimum atomic E-state index is -0.420.